The SMILES string of the molecule is CC(C)/[N+](O)=C/c1ccccc1-n1cccn1. The molecule has 2 aromatic rings. The lowest BCUT2D eigenvalue weighted by atomic mass is 10.2. The average molecular weight is 230 g/mol. The Labute approximate surface area is 100 Å². The lowest BCUT2D eigenvalue weighted by molar-refractivity contribution is -0.791. The third kappa shape index (κ3) is 2.53. The first-order valence-corrected chi connectivity index (χ1v) is 5.59. The molecule has 0 aliphatic rings. The van der Waals surface area contributed by atoms with Gasteiger partial charge in [0.05, 0.1) is 11.3 Å². The quantitative estimate of drug-likeness (QED) is 0.380. The summed E-state index contributed by atoms with van der Waals surface area (Å²) < 4.78 is 2.97. The molecular weight excluding hydrogens is 214 g/mol. The van der Waals surface area contributed by atoms with Crippen molar-refractivity contribution < 1.29 is 9.95 Å². The molecule has 0 aliphatic carbocycles. The molecule has 0 aliphatic heterocycles. The zero-order chi connectivity index (χ0) is 12.3. The van der Waals surface area contributed by atoms with E-state index in [4.69, 9.17) is 0 Å². The van der Waals surface area contributed by atoms with Crippen LogP contribution in [0, 0.1) is 0 Å². The number of benzene rings is 1. The summed E-state index contributed by atoms with van der Waals surface area (Å²) in [6.45, 7) is 3.85. The highest BCUT2D eigenvalue weighted by molar-refractivity contribution is 5.81. The molecule has 1 heterocycles. The van der Waals surface area contributed by atoms with E-state index in [1.54, 1.807) is 17.1 Å². The molecule has 17 heavy (non-hydrogen) atoms. The summed E-state index contributed by atoms with van der Waals surface area (Å²) in [6.07, 6.45) is 5.32. The van der Waals surface area contributed by atoms with Crippen molar-refractivity contribution in [2.24, 2.45) is 0 Å². The van der Waals surface area contributed by atoms with Crippen LogP contribution in [-0.4, -0.2) is 32.0 Å². The maximum atomic E-state index is 9.75. The second-order valence-electron chi connectivity index (χ2n) is 4.11. The van der Waals surface area contributed by atoms with Crippen molar-refractivity contribution in [1.82, 2.24) is 9.78 Å². The van der Waals surface area contributed by atoms with Crippen molar-refractivity contribution in [3.05, 3.63) is 48.3 Å². The van der Waals surface area contributed by atoms with Gasteiger partial charge in [-0.1, -0.05) is 12.1 Å². The monoisotopic (exact) mass is 230 g/mol. The zero-order valence-electron chi connectivity index (χ0n) is 9.99. The van der Waals surface area contributed by atoms with Crippen LogP contribution in [0.3, 0.4) is 0 Å². The van der Waals surface area contributed by atoms with E-state index in [1.165, 1.54) is 4.74 Å². The molecule has 0 atom stereocenters. The molecular formula is C13H16N3O+. The predicted molar refractivity (Wildman–Crippen MR) is 65.9 cm³/mol. The predicted octanol–water partition coefficient (Wildman–Crippen LogP) is 2.10. The first-order valence-electron chi connectivity index (χ1n) is 5.59. The van der Waals surface area contributed by atoms with Gasteiger partial charge in [-0.3, -0.25) is 5.21 Å². The minimum Gasteiger partial charge on any atom is -0.291 e. The van der Waals surface area contributed by atoms with Crippen LogP contribution in [0.4, 0.5) is 0 Å². The van der Waals surface area contributed by atoms with Crippen molar-refractivity contribution in [1.29, 1.82) is 0 Å². The molecule has 1 aromatic heterocycles. The molecule has 0 unspecified atom stereocenters. The molecule has 0 saturated carbocycles. The van der Waals surface area contributed by atoms with E-state index in [0.717, 1.165) is 11.3 Å². The largest absolute Gasteiger partial charge is 0.291 e. The van der Waals surface area contributed by atoms with Crippen LogP contribution in [0.5, 0.6) is 0 Å². The normalized spacial score (nSPS) is 12.1. The van der Waals surface area contributed by atoms with Crippen molar-refractivity contribution in [2.75, 3.05) is 0 Å². The molecule has 4 nitrogen and oxygen atoms in total. The maximum Gasteiger partial charge on any atom is 0.225 e. The molecule has 0 radical (unpaired) electrons. The van der Waals surface area contributed by atoms with E-state index in [0.29, 0.717) is 0 Å². The zero-order valence-corrected chi connectivity index (χ0v) is 9.99. The first-order chi connectivity index (χ1) is 8.18. The molecule has 88 valence electrons. The highest BCUT2D eigenvalue weighted by atomic mass is 16.5. The summed E-state index contributed by atoms with van der Waals surface area (Å²) in [5, 5.41) is 13.9. The summed E-state index contributed by atoms with van der Waals surface area (Å²) in [5.74, 6) is 0. The summed E-state index contributed by atoms with van der Waals surface area (Å²) in [7, 11) is 0. The van der Waals surface area contributed by atoms with Crippen LogP contribution in [0.1, 0.15) is 19.4 Å². The number of hydroxylamine groups is 1. The smallest absolute Gasteiger partial charge is 0.225 e. The molecule has 0 fully saturated rings. The minimum absolute atomic E-state index is 0.0423. The maximum absolute atomic E-state index is 9.75. The minimum atomic E-state index is 0.0423. The lowest BCUT2D eigenvalue weighted by Crippen LogP contribution is -2.18. The second kappa shape index (κ2) is 4.82. The number of aromatic nitrogens is 2. The van der Waals surface area contributed by atoms with Gasteiger partial charge in [-0.15, -0.1) is 0 Å². The summed E-state index contributed by atoms with van der Waals surface area (Å²) in [4.78, 5) is 0. The number of hydrogen-bond acceptors (Lipinski definition) is 2. The van der Waals surface area contributed by atoms with Gasteiger partial charge in [-0.25, -0.2) is 4.68 Å². The van der Waals surface area contributed by atoms with Crippen LogP contribution < -0.4 is 0 Å². The van der Waals surface area contributed by atoms with Gasteiger partial charge in [-0.05, 0) is 22.9 Å². The molecule has 1 N–H and O–H groups in total. The van der Waals surface area contributed by atoms with Crippen LogP contribution in [0.25, 0.3) is 5.69 Å². The lowest BCUT2D eigenvalue weighted by Gasteiger charge is -2.04. The summed E-state index contributed by atoms with van der Waals surface area (Å²) in [5.41, 5.74) is 1.87. The molecule has 0 spiro atoms. The van der Waals surface area contributed by atoms with Gasteiger partial charge in [-0.2, -0.15) is 5.10 Å². The Balaban J connectivity index is 2.45. The fraction of sp³-hybridized carbons (Fsp3) is 0.231. The fourth-order valence-electron chi connectivity index (χ4n) is 1.51. The van der Waals surface area contributed by atoms with E-state index < -0.39 is 0 Å². The third-order valence-corrected chi connectivity index (χ3v) is 2.49. The number of para-hydroxylation sites is 1. The Morgan fingerprint density at radius 1 is 1.29 bits per heavy atom. The standard InChI is InChI=1S/C13H16N3O/c1-11(2)16(17)10-12-6-3-4-7-13(12)15-9-5-8-14-15/h3-11,17H,1-2H3/q+1. The van der Waals surface area contributed by atoms with E-state index in [-0.39, 0.29) is 6.04 Å². The van der Waals surface area contributed by atoms with Gasteiger partial charge in [0.15, 0.2) is 6.04 Å². The summed E-state index contributed by atoms with van der Waals surface area (Å²) >= 11 is 0. The van der Waals surface area contributed by atoms with Gasteiger partial charge < -0.3 is 0 Å². The van der Waals surface area contributed by atoms with Gasteiger partial charge in [0.1, 0.15) is 0 Å². The Hall–Kier alpha value is -2.10. The van der Waals surface area contributed by atoms with Gasteiger partial charge >= 0.3 is 0 Å². The van der Waals surface area contributed by atoms with Gasteiger partial charge in [0, 0.05) is 26.2 Å². The third-order valence-electron chi connectivity index (χ3n) is 2.49. The Bertz CT molecular complexity index is 515. The highest BCUT2D eigenvalue weighted by Crippen LogP contribution is 2.11. The summed E-state index contributed by atoms with van der Waals surface area (Å²) in [6, 6.07) is 9.71. The fourth-order valence-corrected chi connectivity index (χ4v) is 1.51. The topological polar surface area (TPSA) is 41.1 Å². The van der Waals surface area contributed by atoms with E-state index in [9.17, 15) is 5.21 Å². The molecule has 1 aromatic carbocycles. The van der Waals surface area contributed by atoms with Crippen molar-refractivity contribution >= 4 is 6.21 Å². The van der Waals surface area contributed by atoms with Crippen LogP contribution >= 0.6 is 0 Å². The van der Waals surface area contributed by atoms with Crippen molar-refractivity contribution in [3.63, 3.8) is 0 Å². The number of rotatable bonds is 3. The highest BCUT2D eigenvalue weighted by Gasteiger charge is 2.10. The van der Waals surface area contributed by atoms with E-state index in [2.05, 4.69) is 5.10 Å². The number of hydrogen-bond donors (Lipinski definition) is 1. The van der Waals surface area contributed by atoms with Crippen molar-refractivity contribution in [2.45, 2.75) is 19.9 Å². The van der Waals surface area contributed by atoms with Crippen LogP contribution in [-0.2, 0) is 0 Å². The van der Waals surface area contributed by atoms with Crippen LogP contribution in [0.2, 0.25) is 0 Å². The Morgan fingerprint density at radius 3 is 2.71 bits per heavy atom. The molecule has 0 amide bonds. The number of nitrogens with zero attached hydrogens (tertiary/aromatic N) is 3. The van der Waals surface area contributed by atoms with Crippen LogP contribution in [0.15, 0.2) is 42.7 Å². The first kappa shape index (κ1) is 11.4. The van der Waals surface area contributed by atoms with Gasteiger partial charge in [0.25, 0.3) is 0 Å². The molecule has 4 heteroatoms. The molecule has 0 bridgehead atoms. The van der Waals surface area contributed by atoms with E-state index >= 15 is 0 Å². The van der Waals surface area contributed by atoms with Crippen molar-refractivity contribution in [3.8, 4) is 5.69 Å². The molecule has 0 saturated heterocycles. The van der Waals surface area contributed by atoms with Gasteiger partial charge in [0.2, 0.25) is 6.21 Å². The Morgan fingerprint density at radius 2 is 2.06 bits per heavy atom. The average Bonchev–Trinajstić information content (AvgIpc) is 2.83. The second-order valence-corrected chi connectivity index (χ2v) is 4.11. The molecule has 2 rings (SSSR count). The van der Waals surface area contributed by atoms with E-state index in [1.807, 2.05) is 50.4 Å². The Kier molecular flexibility index (Phi) is 3.23.